The van der Waals surface area contributed by atoms with E-state index in [1.54, 1.807) is 0 Å². The van der Waals surface area contributed by atoms with Crippen LogP contribution in [-0.2, 0) is 0 Å². The lowest BCUT2D eigenvalue weighted by atomic mass is 12.3. The van der Waals surface area contributed by atoms with Crippen molar-refractivity contribution in [2.24, 2.45) is 471 Å². The summed E-state index contributed by atoms with van der Waals surface area (Å²) in [5.74, 6) is 4.63. The molecule has 0 rings (SSSR count). The van der Waals surface area contributed by atoms with Crippen LogP contribution in [0.4, 0.5) is 0 Å². The highest BCUT2D eigenvalue weighted by molar-refractivity contribution is 4.22. The van der Waals surface area contributed by atoms with Gasteiger partial charge in [0, 0.05) is 381 Å². The van der Waals surface area contributed by atoms with E-state index in [4.69, 9.17) is 5.53 Å². The zero-order valence-electron chi connectivity index (χ0n) is 40.9. The zero-order chi connectivity index (χ0) is 64.9. The van der Waals surface area contributed by atoms with Crippen molar-refractivity contribution in [2.75, 3.05) is 0 Å². The van der Waals surface area contributed by atoms with Gasteiger partial charge in [0.15, 0.2) is 0 Å². The zero-order valence-corrected chi connectivity index (χ0v) is 40.9. The first-order valence-corrected chi connectivity index (χ1v) is 18.1. The topological polar surface area (TPSA) is 1150 Å². The summed E-state index contributed by atoms with van der Waals surface area (Å²) in [6, 6.07) is 0. The third kappa shape index (κ3) is 71.8. The lowest BCUT2D eigenvalue weighted by Crippen LogP contribution is -1.70. The summed E-state index contributed by atoms with van der Waals surface area (Å²) in [6.07, 6.45) is 0. The Kier molecular flexibility index (Phi) is 57.4. The molecule has 0 aliphatic rings. The maximum Gasteiger partial charge on any atom is 0 e. The van der Waals surface area contributed by atoms with Crippen LogP contribution in [0.25, 0.3) is 0 Å². The fourth-order valence-electron chi connectivity index (χ4n) is 1.56. The summed E-state index contributed by atoms with van der Waals surface area (Å²) in [5, 5.41) is 265. The SMILES string of the molecule is N=N/N=N/N=N/N=N/N=N/N=N/N=N/N=N/N=N/N=N/N=N/N=N/N=N/N=N/N=N/N=N/N=N/N=N/N=N/N=N/N=N/N=N/N=N/N=N/N=N/N=N/N=N/N=N/N=N/N=N/N=N/N=N/N=N/N=N/N=N/N=N/N=N/N=N/N=N/N=N/N=N/N=N/N=N/N=N/N=N/N. The van der Waals surface area contributed by atoms with E-state index in [-0.39, 0.29) is 0 Å². The lowest BCUT2D eigenvalue weighted by molar-refractivity contribution is 0.723. The first kappa shape index (κ1) is 72.8. The van der Waals surface area contributed by atoms with Crippen LogP contribution >= 0.6 is 0 Å². The van der Waals surface area contributed by atoms with Gasteiger partial charge >= 0.3 is 0 Å². The summed E-state index contributed by atoms with van der Waals surface area (Å²) in [7, 11) is 0. The van der Waals surface area contributed by atoms with Crippen LogP contribution in [0.2, 0.25) is 0 Å². The predicted molar refractivity (Wildman–Crippen MR) is 223 cm³/mol. The predicted octanol–water partition coefficient (Wildman–Crippen LogP) is 16.0. The molecular weight excluding hydrogens is 1270 g/mol. The van der Waals surface area contributed by atoms with E-state index in [0.29, 0.717) is 0 Å². The molecule has 0 amide bonds. The molecule has 0 spiro atoms. The Bertz CT molecular complexity index is 3300. The second-order valence-corrected chi connectivity index (χ2v) is 8.00. The molecule has 0 heterocycles. The Morgan fingerprint density at radius 3 is 0.198 bits per heavy atom. The summed E-state index contributed by atoms with van der Waals surface area (Å²) >= 11 is 0. The number of nitrogens with two attached hydrogens (primary N) is 1. The summed E-state index contributed by atoms with van der Waals surface area (Å²) in [5.41, 5.74) is 6.27. The van der Waals surface area contributed by atoms with Crippen LogP contribution in [0, 0.1) is 5.53 Å². The van der Waals surface area contributed by atoms with E-state index >= 15 is 0 Å². The maximum absolute atomic E-state index is 6.27. The molecule has 0 atom stereocenters. The molecule has 0 aromatic heterocycles. The molecule has 91 nitrogen and oxygen atoms in total. The van der Waals surface area contributed by atoms with Crippen molar-refractivity contribution in [1.29, 1.82) is 5.53 Å². The van der Waals surface area contributed by atoms with E-state index in [2.05, 4.69) is 471 Å². The van der Waals surface area contributed by atoms with Gasteiger partial charge in [-0.25, -0.2) is 0 Å². The molecule has 91 heteroatoms. The van der Waals surface area contributed by atoms with Gasteiger partial charge in [-0.1, -0.05) is 5.22 Å². The lowest BCUT2D eigenvalue weighted by Gasteiger charge is -1.71. The van der Waals surface area contributed by atoms with Crippen molar-refractivity contribution in [1.82, 2.24) is 0 Å². The Hall–Kier alpha value is -18.2. The highest BCUT2D eigenvalue weighted by Crippen LogP contribution is 1.97. The molecule has 0 saturated heterocycles. The average Bonchev–Trinajstić information content (AvgIpc) is 3.56. The molecule has 458 valence electrons. The molecule has 0 aromatic carbocycles. The number of rotatable bonds is 44. The van der Waals surface area contributed by atoms with Crippen molar-refractivity contribution in [2.45, 2.75) is 0 Å². The minimum atomic E-state index is 2.50. The van der Waals surface area contributed by atoms with Crippen molar-refractivity contribution in [3.05, 3.63) is 0 Å². The van der Waals surface area contributed by atoms with Gasteiger partial charge in [-0.05, 0) is 78.3 Å². The smallest absolute Gasteiger partial charge is 0 e. The molecule has 0 saturated carbocycles. The second kappa shape index (κ2) is 71.8. The second-order valence-electron chi connectivity index (χ2n) is 8.00. The number of nitrogens with zero attached hydrogens (tertiary/aromatic N) is 89. The normalized spacial score (nSPS) is 15.6. The molecule has 0 aliphatic carbocycles. The van der Waals surface area contributed by atoms with E-state index in [1.807, 2.05) is 0 Å². The first-order valence-electron chi connectivity index (χ1n) is 18.1. The van der Waals surface area contributed by atoms with Crippen molar-refractivity contribution >= 4 is 0 Å². The van der Waals surface area contributed by atoms with Gasteiger partial charge in [0.05, 0.1) is 0 Å². The maximum atomic E-state index is 6.27. The largest absolute Gasteiger partial charge is 0.303 e. The van der Waals surface area contributed by atoms with E-state index in [9.17, 15) is 0 Å². The number of nitrogens with one attached hydrogen (secondary N) is 1. The van der Waals surface area contributed by atoms with Gasteiger partial charge in [0.25, 0.3) is 0 Å². The quantitative estimate of drug-likeness (QED) is 0.0335. The van der Waals surface area contributed by atoms with E-state index < -0.39 is 0 Å². The van der Waals surface area contributed by atoms with Crippen LogP contribution in [-0.4, -0.2) is 0 Å². The standard InChI is InChI=1S/H3N91/c1-3-5-7-9-11-13-15-17-19-21-23-25-27-29-31-33-35-37-39-41-43-45-47-49-51-53-55-57-59-61-63-65-67-69-71-73-75-77-79-81-83-85-87-89-91-90-88-86-84-82-80-78-76-74-72-70-68-66-64-62-60-58-56-54-52-50-48-46-44-42-40-38-36-34-32-30-28-26-24-22-20-18-16-14-12-10-8-6-4-2/h(H3,1,2,5,6,9,10,13,14,17,18,21,22,25,26,29,30,33,34,37,38,41,42,45,46,49,50,53,54,57,58,61,62,65,66,69,70,73,74,77,78,81,82,85,86,89,90). The minimum Gasteiger partial charge on any atom is -0.303 e. The van der Waals surface area contributed by atoms with Gasteiger partial charge in [-0.3, -0.25) is 0 Å². The van der Waals surface area contributed by atoms with Gasteiger partial charge in [-0.15, -0.1) is 0 Å². The summed E-state index contributed by atoms with van der Waals surface area (Å²) < 4.78 is 0. The molecular formula is H3N91. The fourth-order valence-corrected chi connectivity index (χ4v) is 1.56. The minimum absolute atomic E-state index is 2.50. The average molecular weight is 1280 g/mol. The van der Waals surface area contributed by atoms with Crippen LogP contribution < -0.4 is 5.84 Å². The Labute approximate surface area is 476 Å². The Morgan fingerprint density at radius 2 is 0.143 bits per heavy atom. The molecule has 0 fully saturated rings. The van der Waals surface area contributed by atoms with Crippen LogP contribution in [0.5, 0.6) is 0 Å². The first-order chi connectivity index (χ1) is 45.4. The molecule has 0 aromatic rings. The van der Waals surface area contributed by atoms with Gasteiger partial charge in [0.1, 0.15) is 0 Å². The van der Waals surface area contributed by atoms with Crippen molar-refractivity contribution in [3.63, 3.8) is 0 Å². The van der Waals surface area contributed by atoms with Crippen LogP contribution in [0.3, 0.4) is 0 Å². The summed E-state index contributed by atoms with van der Waals surface area (Å²) in [4.78, 5) is 0. The molecule has 0 aliphatic heterocycles. The third-order valence-electron chi connectivity index (χ3n) is 3.54. The van der Waals surface area contributed by atoms with Crippen LogP contribution in [0.1, 0.15) is 0 Å². The van der Waals surface area contributed by atoms with Crippen LogP contribution in [0.15, 0.2) is 465 Å². The Morgan fingerprint density at radius 1 is 0.0879 bits per heavy atom. The van der Waals surface area contributed by atoms with E-state index in [0.717, 1.165) is 0 Å². The number of hydrogen-bond acceptors (Lipinski definition) is 2. The molecule has 0 bridgehead atoms. The fraction of sp³-hybridized carbons (Fsp3) is 0. The number of hydrogen-bond donors (Lipinski definition) is 2. The van der Waals surface area contributed by atoms with E-state index in [1.165, 1.54) is 0 Å². The van der Waals surface area contributed by atoms with Crippen molar-refractivity contribution < 1.29 is 0 Å². The highest BCUT2D eigenvalue weighted by Gasteiger charge is 1.79. The monoisotopic (exact) mass is 1280 g/mol. The third-order valence-corrected chi connectivity index (χ3v) is 3.54. The highest BCUT2D eigenvalue weighted by atomic mass is 15.8. The van der Waals surface area contributed by atoms with Gasteiger partial charge < -0.3 is 5.84 Å². The molecule has 3 N–H and O–H groups in total. The molecule has 91 heavy (non-hydrogen) atoms. The van der Waals surface area contributed by atoms with Gasteiger partial charge in [0.2, 0.25) is 0 Å². The molecule has 0 unspecified atom stereocenters. The Balaban J connectivity index is 4.11. The van der Waals surface area contributed by atoms with Gasteiger partial charge in [-0.2, -0.15) is 5.53 Å². The molecule has 0 radical (unpaired) electrons. The van der Waals surface area contributed by atoms with Crippen molar-refractivity contribution in [3.8, 4) is 0 Å². The summed E-state index contributed by atoms with van der Waals surface area (Å²) in [6.45, 7) is 0.